The van der Waals surface area contributed by atoms with Crippen LogP contribution in [-0.4, -0.2) is 38.3 Å². The fraction of sp³-hybridized carbons (Fsp3) is 0.188. The van der Waals surface area contributed by atoms with Crippen LogP contribution in [0.2, 0.25) is 0 Å². The van der Waals surface area contributed by atoms with Crippen LogP contribution in [0.25, 0.3) is 0 Å². The molecule has 0 aliphatic heterocycles. The molecule has 3 N–H and O–H groups in total. The minimum Gasteiger partial charge on any atom is -0.478 e. The second-order valence-corrected chi connectivity index (χ2v) is 4.27. The zero-order valence-corrected chi connectivity index (χ0v) is 12.4. The third-order valence-corrected chi connectivity index (χ3v) is 1.95. The predicted octanol–water partition coefficient (Wildman–Crippen LogP) is 2.55. The third kappa shape index (κ3) is 9.22. The normalized spacial score (nSPS) is 8.91. The molecule has 0 unspecified atom stereocenters. The minimum atomic E-state index is -1.23. The van der Waals surface area contributed by atoms with Crippen molar-refractivity contribution in [1.82, 2.24) is 4.98 Å². The molecule has 6 nitrogen and oxygen atoms in total. The lowest BCUT2D eigenvalue weighted by Gasteiger charge is -1.98. The number of aliphatic hydroxyl groups is 1. The van der Waals surface area contributed by atoms with Crippen LogP contribution in [0.15, 0.2) is 54.9 Å². The molecule has 0 aliphatic carbocycles. The van der Waals surface area contributed by atoms with Gasteiger partial charge in [-0.05, 0) is 38.1 Å². The molecule has 6 heteroatoms. The first-order valence-corrected chi connectivity index (χ1v) is 6.45. The number of rotatable bonds is 2. The summed E-state index contributed by atoms with van der Waals surface area (Å²) < 4.78 is 0. The van der Waals surface area contributed by atoms with Crippen molar-refractivity contribution in [3.05, 3.63) is 66.0 Å². The lowest BCUT2D eigenvalue weighted by molar-refractivity contribution is 0.0651. The SMILES string of the molecule is CC(C)O.O=C(O)c1ccccc1C(=O)O.c1ccncc1. The van der Waals surface area contributed by atoms with E-state index in [-0.39, 0.29) is 17.2 Å². The molecule has 0 aliphatic rings. The molecule has 1 aromatic heterocycles. The Morgan fingerprint density at radius 2 is 1.23 bits per heavy atom. The van der Waals surface area contributed by atoms with E-state index >= 15 is 0 Å². The van der Waals surface area contributed by atoms with Gasteiger partial charge >= 0.3 is 11.9 Å². The average Bonchev–Trinajstić information content (AvgIpc) is 2.49. The van der Waals surface area contributed by atoms with E-state index in [9.17, 15) is 9.59 Å². The monoisotopic (exact) mass is 305 g/mol. The van der Waals surface area contributed by atoms with Crippen molar-refractivity contribution in [1.29, 1.82) is 0 Å². The van der Waals surface area contributed by atoms with E-state index in [0.717, 1.165) is 0 Å². The van der Waals surface area contributed by atoms with Gasteiger partial charge in [0.05, 0.1) is 11.1 Å². The summed E-state index contributed by atoms with van der Waals surface area (Å²) in [5.74, 6) is -2.46. The maximum atomic E-state index is 10.5. The van der Waals surface area contributed by atoms with E-state index in [4.69, 9.17) is 15.3 Å². The maximum Gasteiger partial charge on any atom is 0.336 e. The summed E-state index contributed by atoms with van der Waals surface area (Å²) >= 11 is 0. The first-order valence-electron chi connectivity index (χ1n) is 6.45. The number of nitrogens with zero attached hydrogens (tertiary/aromatic N) is 1. The van der Waals surface area contributed by atoms with Crippen LogP contribution in [0.3, 0.4) is 0 Å². The summed E-state index contributed by atoms with van der Waals surface area (Å²) in [6.45, 7) is 3.44. The fourth-order valence-corrected chi connectivity index (χ4v) is 1.17. The van der Waals surface area contributed by atoms with Crippen molar-refractivity contribution in [2.75, 3.05) is 0 Å². The van der Waals surface area contributed by atoms with Crippen molar-refractivity contribution in [2.45, 2.75) is 20.0 Å². The molecule has 0 radical (unpaired) electrons. The van der Waals surface area contributed by atoms with Gasteiger partial charge in [-0.1, -0.05) is 18.2 Å². The highest BCUT2D eigenvalue weighted by Gasteiger charge is 2.13. The number of aromatic carboxylic acids is 2. The van der Waals surface area contributed by atoms with E-state index in [0.29, 0.717) is 0 Å². The van der Waals surface area contributed by atoms with E-state index < -0.39 is 11.9 Å². The van der Waals surface area contributed by atoms with Crippen LogP contribution in [0.1, 0.15) is 34.6 Å². The molecule has 22 heavy (non-hydrogen) atoms. The second-order valence-electron chi connectivity index (χ2n) is 4.27. The summed E-state index contributed by atoms with van der Waals surface area (Å²) in [4.78, 5) is 24.7. The lowest BCUT2D eigenvalue weighted by Crippen LogP contribution is -2.06. The third-order valence-electron chi connectivity index (χ3n) is 1.95. The number of carboxylic acids is 2. The Bertz CT molecular complexity index is 507. The van der Waals surface area contributed by atoms with Crippen molar-refractivity contribution >= 4 is 11.9 Å². The van der Waals surface area contributed by atoms with E-state index in [2.05, 4.69) is 4.98 Å². The Hall–Kier alpha value is -2.73. The second kappa shape index (κ2) is 11.0. The van der Waals surface area contributed by atoms with Crippen LogP contribution in [0.5, 0.6) is 0 Å². The van der Waals surface area contributed by atoms with Gasteiger partial charge in [-0.15, -0.1) is 0 Å². The maximum absolute atomic E-state index is 10.5. The number of carbonyl (C=O) groups is 2. The molecule has 1 aromatic carbocycles. The van der Waals surface area contributed by atoms with Gasteiger partial charge in [-0.3, -0.25) is 4.98 Å². The van der Waals surface area contributed by atoms with Crippen LogP contribution < -0.4 is 0 Å². The smallest absolute Gasteiger partial charge is 0.336 e. The van der Waals surface area contributed by atoms with Crippen LogP contribution in [0.4, 0.5) is 0 Å². The topological polar surface area (TPSA) is 108 Å². The molecule has 2 aromatic rings. The van der Waals surface area contributed by atoms with Gasteiger partial charge < -0.3 is 15.3 Å². The number of carboxylic acid groups (broad SMARTS) is 2. The summed E-state index contributed by atoms with van der Waals surface area (Å²) in [5.41, 5.74) is -0.380. The Kier molecular flexibility index (Phi) is 9.62. The fourth-order valence-electron chi connectivity index (χ4n) is 1.17. The molecule has 0 saturated heterocycles. The first-order chi connectivity index (χ1) is 10.4. The Morgan fingerprint density at radius 1 is 0.864 bits per heavy atom. The van der Waals surface area contributed by atoms with Gasteiger partial charge in [0.1, 0.15) is 0 Å². The Labute approximate surface area is 128 Å². The molecular weight excluding hydrogens is 286 g/mol. The van der Waals surface area contributed by atoms with Crippen molar-refractivity contribution in [2.24, 2.45) is 0 Å². The van der Waals surface area contributed by atoms with Gasteiger partial charge in [0.25, 0.3) is 0 Å². The molecule has 0 bridgehead atoms. The van der Waals surface area contributed by atoms with Crippen molar-refractivity contribution < 1.29 is 24.9 Å². The standard InChI is InChI=1S/C8H6O4.C5H5N.C3H8O/c9-7(10)5-3-1-2-4-6(5)8(11)12;1-2-4-6-5-3-1;1-3(2)4/h1-4H,(H,9,10)(H,11,12);1-5H;3-4H,1-2H3. The first kappa shape index (κ1) is 19.3. The average molecular weight is 305 g/mol. The highest BCUT2D eigenvalue weighted by Crippen LogP contribution is 2.07. The highest BCUT2D eigenvalue weighted by molar-refractivity contribution is 6.01. The quantitative estimate of drug-likeness (QED) is 0.787. The summed E-state index contributed by atoms with van der Waals surface area (Å²) in [6.07, 6.45) is 3.33. The molecule has 1 heterocycles. The number of hydrogen-bond acceptors (Lipinski definition) is 4. The summed E-state index contributed by atoms with van der Waals surface area (Å²) in [5, 5.41) is 25.2. The molecule has 0 amide bonds. The lowest BCUT2D eigenvalue weighted by atomic mass is 10.1. The number of hydrogen-bond donors (Lipinski definition) is 3. The number of aliphatic hydroxyl groups excluding tert-OH is 1. The summed E-state index contributed by atoms with van der Waals surface area (Å²) in [6, 6.07) is 11.2. The van der Waals surface area contributed by atoms with Gasteiger partial charge in [0, 0.05) is 18.5 Å². The minimum absolute atomic E-state index is 0.167. The van der Waals surface area contributed by atoms with E-state index in [1.165, 1.54) is 24.3 Å². The molecule has 118 valence electrons. The molecule has 0 atom stereocenters. The van der Waals surface area contributed by atoms with Gasteiger partial charge in [0.2, 0.25) is 0 Å². The Morgan fingerprint density at radius 3 is 1.41 bits per heavy atom. The number of benzene rings is 1. The van der Waals surface area contributed by atoms with Gasteiger partial charge in [-0.25, -0.2) is 9.59 Å². The molecule has 2 rings (SSSR count). The molecule has 0 spiro atoms. The zero-order valence-electron chi connectivity index (χ0n) is 12.4. The van der Waals surface area contributed by atoms with Crippen LogP contribution >= 0.6 is 0 Å². The molecular formula is C16H19NO5. The zero-order chi connectivity index (χ0) is 17.0. The van der Waals surface area contributed by atoms with Crippen molar-refractivity contribution in [3.63, 3.8) is 0 Å². The van der Waals surface area contributed by atoms with Gasteiger partial charge in [0.15, 0.2) is 0 Å². The summed E-state index contributed by atoms with van der Waals surface area (Å²) in [7, 11) is 0. The Balaban J connectivity index is 0.000000366. The largest absolute Gasteiger partial charge is 0.478 e. The predicted molar refractivity (Wildman–Crippen MR) is 82.0 cm³/mol. The molecule has 0 fully saturated rings. The van der Waals surface area contributed by atoms with Crippen LogP contribution in [-0.2, 0) is 0 Å². The number of pyridine rings is 1. The van der Waals surface area contributed by atoms with Crippen molar-refractivity contribution in [3.8, 4) is 0 Å². The van der Waals surface area contributed by atoms with E-state index in [1.54, 1.807) is 26.2 Å². The van der Waals surface area contributed by atoms with E-state index in [1.807, 2.05) is 18.2 Å². The highest BCUT2D eigenvalue weighted by atomic mass is 16.4. The van der Waals surface area contributed by atoms with Crippen LogP contribution in [0, 0.1) is 0 Å². The van der Waals surface area contributed by atoms with Gasteiger partial charge in [-0.2, -0.15) is 0 Å². The number of aromatic nitrogens is 1. The molecule has 0 saturated carbocycles.